The molecule has 0 saturated heterocycles. The molecule has 6 nitrogen and oxygen atoms in total. The maximum atomic E-state index is 14.0. The lowest BCUT2D eigenvalue weighted by Gasteiger charge is -2.18. The highest BCUT2D eigenvalue weighted by Gasteiger charge is 2.23. The van der Waals surface area contributed by atoms with Crippen LogP contribution in [0, 0.1) is 17.5 Å². The monoisotopic (exact) mass is 427 g/mol. The molecule has 2 atom stereocenters. The highest BCUT2D eigenvalue weighted by molar-refractivity contribution is 7.91. The first-order chi connectivity index (χ1) is 12.6. The Labute approximate surface area is 166 Å². The lowest BCUT2D eigenvalue weighted by Crippen LogP contribution is -2.15. The molecule has 2 unspecified atom stereocenters. The Balaban J connectivity index is 2.09. The molecule has 2 heterocycles. The molecule has 0 aliphatic carbocycles. The average molecular weight is 428 g/mol. The predicted molar refractivity (Wildman–Crippen MR) is 104 cm³/mol. The number of nitrogens with one attached hydrogen (secondary N) is 3. The molecule has 3 rings (SSSR count). The number of H-pyrrole nitrogens is 1. The highest BCUT2D eigenvalue weighted by Crippen LogP contribution is 2.29. The molecule has 0 aliphatic heterocycles. The number of nitrogens with zero attached hydrogens (tertiary/aromatic N) is 2. The van der Waals surface area contributed by atoms with Crippen LogP contribution in [-0.2, 0) is 9.73 Å². The quantitative estimate of drug-likeness (QED) is 0.544. The van der Waals surface area contributed by atoms with E-state index in [4.69, 9.17) is 28.0 Å². The number of halogens is 3. The van der Waals surface area contributed by atoms with Crippen molar-refractivity contribution >= 4 is 38.7 Å². The Bertz CT molecular complexity index is 1080. The van der Waals surface area contributed by atoms with Crippen LogP contribution in [-0.4, -0.2) is 25.4 Å². The lowest BCUT2D eigenvalue weighted by molar-refractivity contribution is 0.624. The summed E-state index contributed by atoms with van der Waals surface area (Å²) in [6.07, 6.45) is 2.77. The first-order valence-electron chi connectivity index (χ1n) is 7.78. The van der Waals surface area contributed by atoms with Crippen molar-refractivity contribution in [3.63, 3.8) is 0 Å². The lowest BCUT2D eigenvalue weighted by atomic mass is 10.1. The van der Waals surface area contributed by atoms with Gasteiger partial charge in [0.1, 0.15) is 23.5 Å². The molecule has 27 heavy (non-hydrogen) atoms. The van der Waals surface area contributed by atoms with Gasteiger partial charge in [0.2, 0.25) is 0 Å². The van der Waals surface area contributed by atoms with Crippen LogP contribution in [0.15, 0.2) is 41.6 Å². The minimum absolute atomic E-state index is 0.00108. The molecule has 142 valence electrons. The number of anilines is 1. The summed E-state index contributed by atoms with van der Waals surface area (Å²) in [7, 11) is -3.02. The number of hydrogen-bond acceptors (Lipinski definition) is 5. The Morgan fingerprint density at radius 3 is 2.59 bits per heavy atom. The zero-order valence-electron chi connectivity index (χ0n) is 14.4. The third-order valence-corrected chi connectivity index (χ3v) is 5.46. The first-order valence-corrected chi connectivity index (χ1v) is 10.5. The fourth-order valence-corrected chi connectivity index (χ4v) is 3.73. The summed E-state index contributed by atoms with van der Waals surface area (Å²) in [5.41, 5.74) is 1.04. The second-order valence-corrected chi connectivity index (χ2v) is 8.93. The van der Waals surface area contributed by atoms with Crippen LogP contribution in [0.3, 0.4) is 0 Å². The molecule has 3 N–H and O–H groups in total. The van der Waals surface area contributed by atoms with E-state index >= 15 is 0 Å². The van der Waals surface area contributed by atoms with Crippen molar-refractivity contribution in [3.8, 4) is 0 Å². The Hall–Kier alpha value is -2.16. The molecule has 1 aromatic carbocycles. The SMILES string of the molecule is Cc1[nH]c(C(Nc2ccc(Cl)cn2)c2ccc(Cl)c(F)c2)nc1S(C)(=N)=O. The van der Waals surface area contributed by atoms with Crippen LogP contribution in [0.2, 0.25) is 10.0 Å². The maximum Gasteiger partial charge on any atom is 0.156 e. The molecule has 0 amide bonds. The topological polar surface area (TPSA) is 94.5 Å². The molecule has 0 aliphatic rings. The van der Waals surface area contributed by atoms with E-state index in [1.165, 1.54) is 24.6 Å². The first kappa shape index (κ1) is 19.6. The van der Waals surface area contributed by atoms with Gasteiger partial charge in [-0.15, -0.1) is 0 Å². The second kappa shape index (κ2) is 7.46. The zero-order chi connectivity index (χ0) is 19.8. The van der Waals surface area contributed by atoms with E-state index in [1.54, 1.807) is 25.1 Å². The number of pyridine rings is 1. The van der Waals surface area contributed by atoms with Crippen LogP contribution >= 0.6 is 23.2 Å². The molecule has 0 spiro atoms. The van der Waals surface area contributed by atoms with Crippen LogP contribution in [0.5, 0.6) is 0 Å². The van der Waals surface area contributed by atoms with Crippen molar-refractivity contribution in [2.75, 3.05) is 11.6 Å². The number of aryl methyl sites for hydroxylation is 1. The summed E-state index contributed by atoms with van der Waals surface area (Å²) < 4.78 is 34.0. The van der Waals surface area contributed by atoms with Gasteiger partial charge in [0.25, 0.3) is 0 Å². The molecule has 3 aromatic rings. The fourth-order valence-electron chi connectivity index (χ4n) is 2.59. The summed E-state index contributed by atoms with van der Waals surface area (Å²) in [6.45, 7) is 1.68. The van der Waals surface area contributed by atoms with Gasteiger partial charge in [0.15, 0.2) is 5.03 Å². The van der Waals surface area contributed by atoms with E-state index < -0.39 is 21.6 Å². The van der Waals surface area contributed by atoms with Crippen molar-refractivity contribution < 1.29 is 8.60 Å². The number of benzene rings is 1. The molecule has 0 fully saturated rings. The minimum atomic E-state index is -3.02. The third kappa shape index (κ3) is 4.40. The molecule has 10 heteroatoms. The van der Waals surface area contributed by atoms with Crippen LogP contribution < -0.4 is 5.32 Å². The minimum Gasteiger partial charge on any atom is -0.356 e. The van der Waals surface area contributed by atoms with Gasteiger partial charge in [0, 0.05) is 18.1 Å². The highest BCUT2D eigenvalue weighted by atomic mass is 35.5. The van der Waals surface area contributed by atoms with E-state index in [2.05, 4.69) is 20.3 Å². The van der Waals surface area contributed by atoms with Gasteiger partial charge in [-0.2, -0.15) is 0 Å². The molecular weight excluding hydrogens is 412 g/mol. The number of hydrogen-bond donors (Lipinski definition) is 3. The van der Waals surface area contributed by atoms with E-state index in [-0.39, 0.29) is 10.0 Å². The van der Waals surface area contributed by atoms with Crippen molar-refractivity contribution in [3.05, 3.63) is 69.5 Å². The largest absolute Gasteiger partial charge is 0.356 e. The van der Waals surface area contributed by atoms with Crippen molar-refractivity contribution in [2.24, 2.45) is 0 Å². The van der Waals surface area contributed by atoms with Gasteiger partial charge in [0.05, 0.1) is 19.8 Å². The second-order valence-electron chi connectivity index (χ2n) is 6.01. The Morgan fingerprint density at radius 2 is 2.04 bits per heavy atom. The van der Waals surface area contributed by atoms with Crippen LogP contribution in [0.1, 0.15) is 23.1 Å². The van der Waals surface area contributed by atoms with Crippen molar-refractivity contribution in [1.82, 2.24) is 15.0 Å². The predicted octanol–water partition coefficient (Wildman–Crippen LogP) is 4.80. The van der Waals surface area contributed by atoms with Crippen molar-refractivity contribution in [2.45, 2.75) is 18.0 Å². The average Bonchev–Trinajstić information content (AvgIpc) is 2.99. The van der Waals surface area contributed by atoms with E-state index in [1.807, 2.05) is 0 Å². The molecule has 0 bridgehead atoms. The standard InChI is InChI=1S/C17H16Cl2FN5OS/c1-9-17(27(2,21)26)25-16(23-9)15(10-3-5-12(19)13(20)7-10)24-14-6-4-11(18)8-22-14/h3-8,15,21H,1-2H3,(H,22,24)(H,23,25). The van der Waals surface area contributed by atoms with Crippen LogP contribution in [0.4, 0.5) is 10.2 Å². The van der Waals surface area contributed by atoms with Gasteiger partial charge in [-0.05, 0) is 36.8 Å². The van der Waals surface area contributed by atoms with Crippen LogP contribution in [0.25, 0.3) is 0 Å². The van der Waals surface area contributed by atoms with Gasteiger partial charge < -0.3 is 10.3 Å². The Kier molecular flexibility index (Phi) is 5.41. The number of imidazole rings is 1. The van der Waals surface area contributed by atoms with E-state index in [0.29, 0.717) is 27.9 Å². The summed E-state index contributed by atoms with van der Waals surface area (Å²) in [6, 6.07) is 7.08. The smallest absolute Gasteiger partial charge is 0.156 e. The Morgan fingerprint density at radius 1 is 1.30 bits per heavy atom. The zero-order valence-corrected chi connectivity index (χ0v) is 16.7. The molecule has 0 radical (unpaired) electrons. The molecule has 0 saturated carbocycles. The van der Waals surface area contributed by atoms with Crippen molar-refractivity contribution in [1.29, 1.82) is 4.78 Å². The summed E-state index contributed by atoms with van der Waals surface area (Å²) in [5.74, 6) is 0.287. The van der Waals surface area contributed by atoms with E-state index in [0.717, 1.165) is 0 Å². The molecule has 2 aromatic heterocycles. The summed E-state index contributed by atoms with van der Waals surface area (Å²) in [4.78, 5) is 11.6. The normalized spacial score (nSPS) is 14.6. The molecular formula is C17H16Cl2FN5OS. The number of aromatic nitrogens is 3. The van der Waals surface area contributed by atoms with Gasteiger partial charge >= 0.3 is 0 Å². The maximum absolute atomic E-state index is 14.0. The fraction of sp³-hybridized carbons (Fsp3) is 0.176. The summed E-state index contributed by atoms with van der Waals surface area (Å²) in [5, 5.41) is 3.78. The number of aromatic amines is 1. The van der Waals surface area contributed by atoms with Gasteiger partial charge in [-0.25, -0.2) is 23.3 Å². The number of rotatable bonds is 5. The van der Waals surface area contributed by atoms with Gasteiger partial charge in [-0.3, -0.25) is 0 Å². The third-order valence-electron chi connectivity index (χ3n) is 3.80. The summed E-state index contributed by atoms with van der Waals surface area (Å²) >= 11 is 11.7. The van der Waals surface area contributed by atoms with Gasteiger partial charge in [-0.1, -0.05) is 29.3 Å². The van der Waals surface area contributed by atoms with E-state index in [9.17, 15) is 8.60 Å².